The first-order valence-corrected chi connectivity index (χ1v) is 14.2. The van der Waals surface area contributed by atoms with Crippen molar-refractivity contribution in [1.29, 1.82) is 0 Å². The lowest BCUT2D eigenvalue weighted by Gasteiger charge is -2.36. The zero-order valence-electron chi connectivity index (χ0n) is 19.7. The molecule has 1 aliphatic rings. The largest absolute Gasteiger partial charge is 0.369 e. The first-order chi connectivity index (χ1) is 17.4. The lowest BCUT2D eigenvalue weighted by molar-refractivity contribution is 0.103. The number of hydrogen-bond acceptors (Lipinski definition) is 6. The van der Waals surface area contributed by atoms with E-state index in [-0.39, 0.29) is 16.2 Å². The Kier molecular flexibility index (Phi) is 7.02. The molecule has 0 radical (unpaired) electrons. The van der Waals surface area contributed by atoms with Gasteiger partial charge in [0.25, 0.3) is 0 Å². The molecule has 5 rings (SSSR count). The van der Waals surface area contributed by atoms with Crippen molar-refractivity contribution in [1.82, 2.24) is 4.90 Å². The van der Waals surface area contributed by atoms with Gasteiger partial charge in [0.2, 0.25) is 10.0 Å². The van der Waals surface area contributed by atoms with Crippen LogP contribution in [0, 0.1) is 0 Å². The average Bonchev–Trinajstić information content (AvgIpc) is 3.44. The zero-order valence-corrected chi connectivity index (χ0v) is 21.3. The fraction of sp³-hybridized carbons (Fsp3) is 0.179. The molecule has 0 aliphatic carbocycles. The summed E-state index contributed by atoms with van der Waals surface area (Å²) in [6, 6.07) is 24.2. The Morgan fingerprint density at radius 2 is 1.56 bits per heavy atom. The third-order valence-corrected chi connectivity index (χ3v) is 8.20. The smallest absolute Gasteiger partial charge is 0.238 e. The Bertz CT molecular complexity index is 1460. The number of ketones is 1. The molecule has 2 N–H and O–H groups in total. The molecule has 1 saturated heterocycles. The van der Waals surface area contributed by atoms with Gasteiger partial charge in [0.1, 0.15) is 0 Å². The monoisotopic (exact) mass is 517 g/mol. The van der Waals surface area contributed by atoms with Crippen LogP contribution in [0.15, 0.2) is 94.5 Å². The van der Waals surface area contributed by atoms with Crippen LogP contribution in [0.5, 0.6) is 0 Å². The highest BCUT2D eigenvalue weighted by Gasteiger charge is 2.21. The van der Waals surface area contributed by atoms with Crippen LogP contribution >= 0.6 is 11.3 Å². The van der Waals surface area contributed by atoms with Gasteiger partial charge in [0.15, 0.2) is 5.78 Å². The number of carbonyl (C=O) groups excluding carboxylic acids is 1. The molecule has 36 heavy (non-hydrogen) atoms. The summed E-state index contributed by atoms with van der Waals surface area (Å²) in [6.07, 6.45) is 0. The molecule has 2 heterocycles. The van der Waals surface area contributed by atoms with E-state index in [4.69, 9.17) is 5.14 Å². The minimum atomic E-state index is -3.99. The molecular formula is C28H27N3O3S2. The second kappa shape index (κ2) is 10.4. The van der Waals surface area contributed by atoms with Crippen LogP contribution < -0.4 is 10.0 Å². The lowest BCUT2D eigenvalue weighted by atomic mass is 10.0. The average molecular weight is 518 g/mol. The maximum Gasteiger partial charge on any atom is 0.238 e. The van der Waals surface area contributed by atoms with Gasteiger partial charge in [0, 0.05) is 49.5 Å². The number of anilines is 1. The standard InChI is InChI=1S/C28H27N3O3S2/c29-36(33,34)27-8-4-3-7-26(27)28(32)21-9-11-24(12-10-21)31-16-14-30(15-17-31)19-22-5-1-2-6-25(22)23-13-18-35-20-23/h1-13,18,20H,14-17,19H2,(H2,29,33,34). The van der Waals surface area contributed by atoms with Gasteiger partial charge >= 0.3 is 0 Å². The Morgan fingerprint density at radius 1 is 0.861 bits per heavy atom. The van der Waals surface area contributed by atoms with Crippen LogP contribution in [0.25, 0.3) is 11.1 Å². The van der Waals surface area contributed by atoms with E-state index in [9.17, 15) is 13.2 Å². The Hall–Kier alpha value is -3.30. The summed E-state index contributed by atoms with van der Waals surface area (Å²) >= 11 is 1.72. The summed E-state index contributed by atoms with van der Waals surface area (Å²) in [5.74, 6) is -0.361. The molecule has 3 aromatic carbocycles. The van der Waals surface area contributed by atoms with Gasteiger partial charge in [-0.25, -0.2) is 13.6 Å². The van der Waals surface area contributed by atoms with Crippen LogP contribution in [0.3, 0.4) is 0 Å². The molecule has 1 aromatic heterocycles. The van der Waals surface area contributed by atoms with Gasteiger partial charge in [-0.15, -0.1) is 0 Å². The molecule has 0 unspecified atom stereocenters. The van der Waals surface area contributed by atoms with Crippen LogP contribution in [-0.4, -0.2) is 45.3 Å². The number of rotatable bonds is 7. The Balaban J connectivity index is 1.24. The third kappa shape index (κ3) is 5.27. The fourth-order valence-electron chi connectivity index (χ4n) is 4.64. The van der Waals surface area contributed by atoms with Crippen molar-refractivity contribution >= 4 is 32.8 Å². The van der Waals surface area contributed by atoms with Crippen molar-refractivity contribution in [3.63, 3.8) is 0 Å². The minimum Gasteiger partial charge on any atom is -0.369 e. The molecule has 0 bridgehead atoms. The van der Waals surface area contributed by atoms with Crippen molar-refractivity contribution in [2.24, 2.45) is 5.14 Å². The van der Waals surface area contributed by atoms with Gasteiger partial charge in [-0.1, -0.05) is 36.4 Å². The molecule has 1 fully saturated rings. The highest BCUT2D eigenvalue weighted by Crippen LogP contribution is 2.28. The number of benzene rings is 3. The lowest BCUT2D eigenvalue weighted by Crippen LogP contribution is -2.46. The zero-order chi connectivity index (χ0) is 25.1. The van der Waals surface area contributed by atoms with Crippen LogP contribution in [-0.2, 0) is 16.6 Å². The maximum atomic E-state index is 13.0. The summed E-state index contributed by atoms with van der Waals surface area (Å²) in [6.45, 7) is 4.59. The van der Waals surface area contributed by atoms with E-state index in [1.54, 1.807) is 35.6 Å². The fourth-order valence-corrected chi connectivity index (χ4v) is 6.04. The van der Waals surface area contributed by atoms with Crippen molar-refractivity contribution in [3.8, 4) is 11.1 Å². The number of thiophene rings is 1. The number of primary sulfonamides is 1. The van der Waals surface area contributed by atoms with Crippen molar-refractivity contribution in [3.05, 3.63) is 106 Å². The van der Waals surface area contributed by atoms with Gasteiger partial charge in [-0.3, -0.25) is 9.69 Å². The van der Waals surface area contributed by atoms with E-state index in [1.807, 2.05) is 12.1 Å². The summed E-state index contributed by atoms with van der Waals surface area (Å²) in [7, 11) is -3.99. The summed E-state index contributed by atoms with van der Waals surface area (Å²) in [5.41, 5.74) is 5.47. The van der Waals surface area contributed by atoms with Gasteiger partial charge in [-0.05, 0) is 69.9 Å². The molecule has 0 amide bonds. The first-order valence-electron chi connectivity index (χ1n) is 11.7. The predicted octanol–water partition coefficient (Wildman–Crippen LogP) is 4.62. The highest BCUT2D eigenvalue weighted by molar-refractivity contribution is 7.89. The van der Waals surface area contributed by atoms with Crippen molar-refractivity contribution < 1.29 is 13.2 Å². The number of sulfonamides is 1. The number of hydrogen-bond donors (Lipinski definition) is 1. The summed E-state index contributed by atoms with van der Waals surface area (Å²) in [5, 5.41) is 9.60. The third-order valence-electron chi connectivity index (χ3n) is 6.55. The van der Waals surface area contributed by atoms with E-state index in [0.717, 1.165) is 38.4 Å². The summed E-state index contributed by atoms with van der Waals surface area (Å²) in [4.78, 5) is 17.6. The molecule has 6 nitrogen and oxygen atoms in total. The highest BCUT2D eigenvalue weighted by atomic mass is 32.2. The Morgan fingerprint density at radius 3 is 2.25 bits per heavy atom. The van der Waals surface area contributed by atoms with Gasteiger partial charge < -0.3 is 4.90 Å². The van der Waals surface area contributed by atoms with E-state index < -0.39 is 10.0 Å². The minimum absolute atomic E-state index is 0.0871. The molecular weight excluding hydrogens is 490 g/mol. The molecule has 0 atom stereocenters. The normalized spacial score (nSPS) is 14.6. The van der Waals surface area contributed by atoms with Crippen LogP contribution in [0.2, 0.25) is 0 Å². The predicted molar refractivity (Wildman–Crippen MR) is 145 cm³/mol. The topological polar surface area (TPSA) is 83.7 Å². The number of nitrogens with two attached hydrogens (primary N) is 1. The van der Waals surface area contributed by atoms with Gasteiger partial charge in [-0.2, -0.15) is 11.3 Å². The molecule has 1 aliphatic heterocycles. The number of nitrogens with zero attached hydrogens (tertiary/aromatic N) is 2. The van der Waals surface area contributed by atoms with Crippen LogP contribution in [0.1, 0.15) is 21.5 Å². The second-order valence-corrected chi connectivity index (χ2v) is 11.2. The summed E-state index contributed by atoms with van der Waals surface area (Å²) < 4.78 is 23.8. The van der Waals surface area contributed by atoms with Crippen LogP contribution in [0.4, 0.5) is 5.69 Å². The van der Waals surface area contributed by atoms with E-state index in [2.05, 4.69) is 50.9 Å². The van der Waals surface area contributed by atoms with Crippen molar-refractivity contribution in [2.45, 2.75) is 11.4 Å². The maximum absolute atomic E-state index is 13.0. The van der Waals surface area contributed by atoms with E-state index in [1.165, 1.54) is 28.8 Å². The first kappa shape index (κ1) is 24.4. The molecule has 8 heteroatoms. The van der Waals surface area contributed by atoms with Crippen molar-refractivity contribution in [2.75, 3.05) is 31.1 Å². The number of carbonyl (C=O) groups is 1. The van der Waals surface area contributed by atoms with E-state index >= 15 is 0 Å². The Labute approximate surface area is 215 Å². The number of piperazine rings is 1. The molecule has 0 spiro atoms. The molecule has 0 saturated carbocycles. The van der Waals surface area contributed by atoms with E-state index in [0.29, 0.717) is 5.56 Å². The van der Waals surface area contributed by atoms with Gasteiger partial charge in [0.05, 0.1) is 4.90 Å². The molecule has 4 aromatic rings. The quantitative estimate of drug-likeness (QED) is 0.362. The second-order valence-electron chi connectivity index (χ2n) is 8.85. The molecule has 184 valence electrons. The SMILES string of the molecule is NS(=O)(=O)c1ccccc1C(=O)c1ccc(N2CCN(Cc3ccccc3-c3ccsc3)CC2)cc1.